The van der Waals surface area contributed by atoms with Gasteiger partial charge in [-0.2, -0.15) is 0 Å². The number of anilines is 1. The van der Waals surface area contributed by atoms with Gasteiger partial charge in [0.1, 0.15) is 17.2 Å². The van der Waals surface area contributed by atoms with E-state index in [4.69, 9.17) is 4.74 Å². The Kier molecular flexibility index (Phi) is 4.68. The van der Waals surface area contributed by atoms with Crippen molar-refractivity contribution < 1.29 is 4.74 Å². The van der Waals surface area contributed by atoms with Crippen molar-refractivity contribution in [2.45, 2.75) is 33.2 Å². The van der Waals surface area contributed by atoms with Crippen LogP contribution < -0.4 is 10.1 Å². The van der Waals surface area contributed by atoms with Crippen molar-refractivity contribution in [3.05, 3.63) is 28.5 Å². The van der Waals surface area contributed by atoms with Gasteiger partial charge in [0, 0.05) is 17.1 Å². The van der Waals surface area contributed by atoms with E-state index in [1.54, 1.807) is 17.4 Å². The zero-order chi connectivity index (χ0) is 13.7. The molecule has 0 fully saturated rings. The Balaban J connectivity index is 2.05. The molecule has 0 aliphatic carbocycles. The van der Waals surface area contributed by atoms with Crippen LogP contribution in [0.4, 0.5) is 5.82 Å². The molecule has 0 bridgehead atoms. The molecule has 0 spiro atoms. The van der Waals surface area contributed by atoms with Crippen molar-refractivity contribution in [1.82, 2.24) is 15.0 Å². The SMILES string of the molecule is CCOc1cc(NC(C)c2ncc(CC)s2)ncn1. The molecule has 2 aromatic rings. The lowest BCUT2D eigenvalue weighted by atomic mass is 10.3. The molecule has 1 atom stereocenters. The number of aryl methyl sites for hydroxylation is 1. The summed E-state index contributed by atoms with van der Waals surface area (Å²) in [4.78, 5) is 13.9. The Bertz CT molecular complexity index is 529. The van der Waals surface area contributed by atoms with Crippen LogP contribution in [0.2, 0.25) is 0 Å². The maximum Gasteiger partial charge on any atom is 0.218 e. The van der Waals surface area contributed by atoms with Crippen molar-refractivity contribution >= 4 is 17.2 Å². The minimum Gasteiger partial charge on any atom is -0.478 e. The Morgan fingerprint density at radius 3 is 2.84 bits per heavy atom. The zero-order valence-electron chi connectivity index (χ0n) is 11.4. The zero-order valence-corrected chi connectivity index (χ0v) is 12.2. The molecule has 19 heavy (non-hydrogen) atoms. The number of ether oxygens (including phenoxy) is 1. The van der Waals surface area contributed by atoms with Gasteiger partial charge in [-0.1, -0.05) is 6.92 Å². The van der Waals surface area contributed by atoms with Gasteiger partial charge in [0.2, 0.25) is 5.88 Å². The summed E-state index contributed by atoms with van der Waals surface area (Å²) in [5.41, 5.74) is 0. The quantitative estimate of drug-likeness (QED) is 0.880. The third kappa shape index (κ3) is 3.64. The molecule has 0 aliphatic rings. The van der Waals surface area contributed by atoms with E-state index in [0.29, 0.717) is 12.5 Å². The van der Waals surface area contributed by atoms with Crippen LogP contribution >= 0.6 is 11.3 Å². The molecule has 5 nitrogen and oxygen atoms in total. The second-order valence-corrected chi connectivity index (χ2v) is 5.21. The minimum absolute atomic E-state index is 0.120. The van der Waals surface area contributed by atoms with Crippen LogP contribution in [0.3, 0.4) is 0 Å². The molecule has 0 radical (unpaired) electrons. The Morgan fingerprint density at radius 1 is 1.32 bits per heavy atom. The van der Waals surface area contributed by atoms with Crippen LogP contribution in [-0.2, 0) is 6.42 Å². The first-order valence-electron chi connectivity index (χ1n) is 6.38. The number of aromatic nitrogens is 3. The van der Waals surface area contributed by atoms with Gasteiger partial charge in [-0.25, -0.2) is 15.0 Å². The highest BCUT2D eigenvalue weighted by molar-refractivity contribution is 7.11. The van der Waals surface area contributed by atoms with E-state index < -0.39 is 0 Å². The molecule has 0 aromatic carbocycles. The largest absolute Gasteiger partial charge is 0.478 e. The van der Waals surface area contributed by atoms with Crippen molar-refractivity contribution in [2.75, 3.05) is 11.9 Å². The van der Waals surface area contributed by atoms with Crippen molar-refractivity contribution in [3.8, 4) is 5.88 Å². The molecule has 0 saturated carbocycles. The van der Waals surface area contributed by atoms with Crippen LogP contribution in [0.5, 0.6) is 5.88 Å². The van der Waals surface area contributed by atoms with Gasteiger partial charge in [0.25, 0.3) is 0 Å². The molecule has 6 heteroatoms. The third-order valence-electron chi connectivity index (χ3n) is 2.59. The lowest BCUT2D eigenvalue weighted by Crippen LogP contribution is -2.08. The van der Waals surface area contributed by atoms with E-state index in [1.807, 2.05) is 13.1 Å². The molecule has 0 saturated heterocycles. The molecule has 0 aliphatic heterocycles. The van der Waals surface area contributed by atoms with Gasteiger partial charge in [-0.3, -0.25) is 0 Å². The molecular weight excluding hydrogens is 260 g/mol. The van der Waals surface area contributed by atoms with Gasteiger partial charge >= 0.3 is 0 Å². The maximum absolute atomic E-state index is 5.35. The first-order chi connectivity index (χ1) is 9.22. The van der Waals surface area contributed by atoms with Crippen LogP contribution in [-0.4, -0.2) is 21.6 Å². The molecule has 102 valence electrons. The lowest BCUT2D eigenvalue weighted by molar-refractivity contribution is 0.326. The number of rotatable bonds is 6. The van der Waals surface area contributed by atoms with E-state index in [2.05, 4.69) is 34.1 Å². The Hall–Kier alpha value is -1.69. The first kappa shape index (κ1) is 13.7. The molecule has 2 aromatic heterocycles. The fourth-order valence-electron chi connectivity index (χ4n) is 1.62. The number of thiazole rings is 1. The summed E-state index contributed by atoms with van der Waals surface area (Å²) in [5, 5.41) is 4.37. The summed E-state index contributed by atoms with van der Waals surface area (Å²) < 4.78 is 5.35. The normalized spacial score (nSPS) is 12.2. The molecule has 2 rings (SSSR count). The standard InChI is InChI=1S/C13H18N4OS/c1-4-10-7-14-13(19-10)9(3)17-11-6-12(18-5-2)16-8-15-11/h6-9H,4-5H2,1-3H3,(H,15,16,17). The number of nitrogens with one attached hydrogen (secondary N) is 1. The highest BCUT2D eigenvalue weighted by Gasteiger charge is 2.11. The first-order valence-corrected chi connectivity index (χ1v) is 7.20. The van der Waals surface area contributed by atoms with E-state index in [1.165, 1.54) is 11.2 Å². The molecule has 2 heterocycles. The van der Waals surface area contributed by atoms with Gasteiger partial charge in [-0.05, 0) is 20.3 Å². The fourth-order valence-corrected chi connectivity index (χ4v) is 2.47. The molecule has 1 unspecified atom stereocenters. The molecular formula is C13H18N4OS. The minimum atomic E-state index is 0.120. The third-order valence-corrected chi connectivity index (χ3v) is 3.91. The number of nitrogens with zero attached hydrogens (tertiary/aromatic N) is 3. The van der Waals surface area contributed by atoms with E-state index in [-0.39, 0.29) is 6.04 Å². The highest BCUT2D eigenvalue weighted by atomic mass is 32.1. The predicted molar refractivity (Wildman–Crippen MR) is 76.7 cm³/mol. The van der Waals surface area contributed by atoms with E-state index in [0.717, 1.165) is 17.2 Å². The maximum atomic E-state index is 5.35. The predicted octanol–water partition coefficient (Wildman–Crippen LogP) is 3.07. The second-order valence-electron chi connectivity index (χ2n) is 4.06. The number of hydrogen-bond acceptors (Lipinski definition) is 6. The summed E-state index contributed by atoms with van der Waals surface area (Å²) >= 11 is 1.73. The summed E-state index contributed by atoms with van der Waals surface area (Å²) in [6.07, 6.45) is 4.45. The number of hydrogen-bond donors (Lipinski definition) is 1. The van der Waals surface area contributed by atoms with Crippen molar-refractivity contribution in [2.24, 2.45) is 0 Å². The van der Waals surface area contributed by atoms with Crippen molar-refractivity contribution in [1.29, 1.82) is 0 Å². The van der Waals surface area contributed by atoms with Crippen LogP contribution in [0.15, 0.2) is 18.6 Å². The Morgan fingerprint density at radius 2 is 2.16 bits per heavy atom. The smallest absolute Gasteiger partial charge is 0.218 e. The topological polar surface area (TPSA) is 59.9 Å². The van der Waals surface area contributed by atoms with E-state index in [9.17, 15) is 0 Å². The van der Waals surface area contributed by atoms with Gasteiger partial charge in [-0.15, -0.1) is 11.3 Å². The van der Waals surface area contributed by atoms with Crippen molar-refractivity contribution in [3.63, 3.8) is 0 Å². The van der Waals surface area contributed by atoms with Gasteiger partial charge in [0.15, 0.2) is 0 Å². The average molecular weight is 278 g/mol. The molecule has 0 amide bonds. The summed E-state index contributed by atoms with van der Waals surface area (Å²) in [5.74, 6) is 1.33. The van der Waals surface area contributed by atoms with Crippen LogP contribution in [0.1, 0.15) is 36.7 Å². The van der Waals surface area contributed by atoms with Gasteiger partial charge < -0.3 is 10.1 Å². The molecule has 1 N–H and O–H groups in total. The average Bonchev–Trinajstić information content (AvgIpc) is 2.88. The fraction of sp³-hybridized carbons (Fsp3) is 0.462. The summed E-state index contributed by atoms with van der Waals surface area (Å²) in [7, 11) is 0. The second kappa shape index (κ2) is 6.47. The van der Waals surface area contributed by atoms with Crippen LogP contribution in [0.25, 0.3) is 0 Å². The Labute approximate surface area is 117 Å². The highest BCUT2D eigenvalue weighted by Crippen LogP contribution is 2.23. The van der Waals surface area contributed by atoms with E-state index >= 15 is 0 Å². The monoisotopic (exact) mass is 278 g/mol. The summed E-state index contributed by atoms with van der Waals surface area (Å²) in [6, 6.07) is 1.92. The summed E-state index contributed by atoms with van der Waals surface area (Å²) in [6.45, 7) is 6.73. The van der Waals surface area contributed by atoms with Gasteiger partial charge in [0.05, 0.1) is 12.6 Å². The van der Waals surface area contributed by atoms with Crippen LogP contribution in [0, 0.1) is 0 Å². The lowest BCUT2D eigenvalue weighted by Gasteiger charge is -2.12.